The van der Waals surface area contributed by atoms with Crippen LogP contribution in [0.3, 0.4) is 0 Å². The fourth-order valence-electron chi connectivity index (χ4n) is 8.49. The molecule has 0 spiro atoms. The number of hydrogen-bond donors (Lipinski definition) is 1. The number of carbonyl (C=O) groups excluding carboxylic acids is 4. The number of ether oxygens (including phenoxy) is 4. The lowest BCUT2D eigenvalue weighted by atomic mass is 10.0. The van der Waals surface area contributed by atoms with Crippen molar-refractivity contribution < 1.29 is 43.2 Å². The molecule has 0 amide bonds. The van der Waals surface area contributed by atoms with Crippen LogP contribution in [0, 0.1) is 0 Å². The number of unbranched alkanes of at least 4 members (excludes halogenated alkanes) is 36. The normalized spacial score (nSPS) is 14.3. The first-order chi connectivity index (χ1) is 30.8. The van der Waals surface area contributed by atoms with Crippen LogP contribution in [0.25, 0.3) is 0 Å². The molecule has 0 fully saturated rings. The van der Waals surface area contributed by atoms with Gasteiger partial charge < -0.3 is 24.1 Å². The quantitative estimate of drug-likeness (QED) is 0.0361. The van der Waals surface area contributed by atoms with E-state index in [0.717, 1.165) is 57.8 Å². The summed E-state index contributed by atoms with van der Waals surface area (Å²) in [4.78, 5) is 51.3. The van der Waals surface area contributed by atoms with Crippen molar-refractivity contribution in [2.75, 3.05) is 6.61 Å². The lowest BCUT2D eigenvalue weighted by Gasteiger charge is -2.22. The van der Waals surface area contributed by atoms with Gasteiger partial charge in [-0.3, -0.25) is 14.4 Å². The van der Waals surface area contributed by atoms with Crippen LogP contribution < -0.4 is 0 Å². The summed E-state index contributed by atoms with van der Waals surface area (Å²) in [5.74, 6) is -3.80. The summed E-state index contributed by atoms with van der Waals surface area (Å²) < 4.78 is 21.9. The average Bonchev–Trinajstić information content (AvgIpc) is 3.55. The average molecular weight is 891 g/mol. The van der Waals surface area contributed by atoms with E-state index < -0.39 is 47.6 Å². The maximum absolute atomic E-state index is 13.0. The van der Waals surface area contributed by atoms with Gasteiger partial charge in [-0.15, -0.1) is 0 Å². The first kappa shape index (κ1) is 58.4. The second-order valence-electron chi connectivity index (χ2n) is 18.7. The Morgan fingerprint density at radius 2 is 0.730 bits per heavy atom. The number of rotatable bonds is 47. The van der Waals surface area contributed by atoms with Crippen molar-refractivity contribution in [3.8, 4) is 0 Å². The standard InChI is InChI=1S/C54H98O9/c1-4-7-10-13-16-19-22-25-28-31-34-37-40-43-48(55)60-46-47(61-49(56)44-41-38-35-32-29-26-23-20-17-14-11-8-5-2)52-51(58)53(54(59)63-52)62-50(57)45-42-39-36-33-30-27-24-21-18-15-12-9-6-3/h47,52,58H,4-46H2,1-3H3/t47-,52+/m0/s1. The van der Waals surface area contributed by atoms with E-state index in [4.69, 9.17) is 18.9 Å². The van der Waals surface area contributed by atoms with Crippen LogP contribution in [-0.4, -0.2) is 47.8 Å². The number of carbonyl (C=O) groups is 4. The molecule has 63 heavy (non-hydrogen) atoms. The Labute approximate surface area is 386 Å². The Kier molecular flexibility index (Phi) is 40.2. The lowest BCUT2D eigenvalue weighted by Crippen LogP contribution is -2.38. The van der Waals surface area contributed by atoms with Gasteiger partial charge in [-0.25, -0.2) is 4.79 Å². The second kappa shape index (κ2) is 43.3. The van der Waals surface area contributed by atoms with E-state index in [9.17, 15) is 24.3 Å². The van der Waals surface area contributed by atoms with E-state index in [-0.39, 0.29) is 25.9 Å². The molecule has 0 aromatic rings. The minimum Gasteiger partial charge on any atom is -0.505 e. The number of cyclic esters (lactones) is 1. The van der Waals surface area contributed by atoms with Gasteiger partial charge in [0.1, 0.15) is 6.61 Å². The minimum atomic E-state index is -1.43. The summed E-state index contributed by atoms with van der Waals surface area (Å²) >= 11 is 0. The molecule has 0 bridgehead atoms. The molecule has 1 heterocycles. The molecule has 1 aliphatic rings. The van der Waals surface area contributed by atoms with Gasteiger partial charge in [0, 0.05) is 19.3 Å². The highest BCUT2D eigenvalue weighted by molar-refractivity contribution is 5.92. The van der Waals surface area contributed by atoms with Crippen LogP contribution in [0.4, 0.5) is 0 Å². The second-order valence-corrected chi connectivity index (χ2v) is 18.7. The van der Waals surface area contributed by atoms with Crippen molar-refractivity contribution in [2.24, 2.45) is 0 Å². The van der Waals surface area contributed by atoms with E-state index in [0.29, 0.717) is 19.3 Å². The van der Waals surface area contributed by atoms with Crippen LogP contribution in [0.5, 0.6) is 0 Å². The van der Waals surface area contributed by atoms with Gasteiger partial charge in [0.25, 0.3) is 5.76 Å². The molecule has 1 aliphatic heterocycles. The molecule has 9 heteroatoms. The first-order valence-corrected chi connectivity index (χ1v) is 27.0. The Balaban J connectivity index is 2.53. The van der Waals surface area contributed by atoms with Crippen LogP contribution >= 0.6 is 0 Å². The molecule has 1 rings (SSSR count). The maximum Gasteiger partial charge on any atom is 0.379 e. The number of hydrogen-bond acceptors (Lipinski definition) is 9. The highest BCUT2D eigenvalue weighted by atomic mass is 16.6. The largest absolute Gasteiger partial charge is 0.505 e. The van der Waals surface area contributed by atoms with Crippen molar-refractivity contribution in [3.63, 3.8) is 0 Å². The van der Waals surface area contributed by atoms with Gasteiger partial charge in [0.15, 0.2) is 11.9 Å². The predicted octanol–water partition coefficient (Wildman–Crippen LogP) is 16.1. The Morgan fingerprint density at radius 3 is 1.06 bits per heavy atom. The summed E-state index contributed by atoms with van der Waals surface area (Å²) in [7, 11) is 0. The third kappa shape index (κ3) is 34.4. The van der Waals surface area contributed by atoms with Gasteiger partial charge in [0.2, 0.25) is 6.10 Å². The Bertz CT molecular complexity index is 1150. The first-order valence-electron chi connectivity index (χ1n) is 27.0. The lowest BCUT2D eigenvalue weighted by molar-refractivity contribution is -0.171. The summed E-state index contributed by atoms with van der Waals surface area (Å²) in [6.07, 6.45) is 44.3. The van der Waals surface area contributed by atoms with E-state index >= 15 is 0 Å². The van der Waals surface area contributed by atoms with Crippen molar-refractivity contribution in [2.45, 2.75) is 303 Å². The Morgan fingerprint density at radius 1 is 0.444 bits per heavy atom. The van der Waals surface area contributed by atoms with Gasteiger partial charge in [-0.1, -0.05) is 252 Å². The highest BCUT2D eigenvalue weighted by Crippen LogP contribution is 2.27. The minimum absolute atomic E-state index is 0.112. The number of aliphatic hydroxyl groups is 1. The van der Waals surface area contributed by atoms with Gasteiger partial charge in [0.05, 0.1) is 0 Å². The van der Waals surface area contributed by atoms with Crippen LogP contribution in [0.15, 0.2) is 11.5 Å². The third-order valence-electron chi connectivity index (χ3n) is 12.6. The molecule has 9 nitrogen and oxygen atoms in total. The third-order valence-corrected chi connectivity index (χ3v) is 12.6. The monoisotopic (exact) mass is 891 g/mol. The zero-order valence-electron chi connectivity index (χ0n) is 41.3. The van der Waals surface area contributed by atoms with E-state index in [1.165, 1.54) is 173 Å². The fraction of sp³-hybridized carbons (Fsp3) is 0.889. The van der Waals surface area contributed by atoms with Crippen LogP contribution in [0.1, 0.15) is 290 Å². The molecular weight excluding hydrogens is 793 g/mol. The summed E-state index contributed by atoms with van der Waals surface area (Å²) in [5.41, 5.74) is 0. The van der Waals surface area contributed by atoms with Crippen LogP contribution in [0.2, 0.25) is 0 Å². The zero-order chi connectivity index (χ0) is 45.9. The number of esters is 4. The SMILES string of the molecule is CCCCCCCCCCCCCCCC(=O)OC[C@H](OC(=O)CCCCCCCCCCCCCCC)[C@H]1OC(=O)C(OC(=O)CCCCCCCCCCCCCCC)=C1O. The molecule has 0 aliphatic carbocycles. The van der Waals surface area contributed by atoms with Crippen molar-refractivity contribution in [1.82, 2.24) is 0 Å². The molecule has 0 aromatic carbocycles. The molecule has 0 saturated heterocycles. The Hall–Kier alpha value is -2.58. The molecule has 0 unspecified atom stereocenters. The smallest absolute Gasteiger partial charge is 0.379 e. The fourth-order valence-corrected chi connectivity index (χ4v) is 8.49. The van der Waals surface area contributed by atoms with Crippen molar-refractivity contribution >= 4 is 23.9 Å². The van der Waals surface area contributed by atoms with Gasteiger partial charge in [-0.05, 0) is 19.3 Å². The molecule has 1 N–H and O–H groups in total. The van der Waals surface area contributed by atoms with E-state index in [2.05, 4.69) is 20.8 Å². The molecule has 368 valence electrons. The van der Waals surface area contributed by atoms with Crippen molar-refractivity contribution in [3.05, 3.63) is 11.5 Å². The van der Waals surface area contributed by atoms with Gasteiger partial charge >= 0.3 is 23.9 Å². The van der Waals surface area contributed by atoms with Crippen LogP contribution in [-0.2, 0) is 38.1 Å². The maximum atomic E-state index is 13.0. The molecule has 0 aromatic heterocycles. The molecule has 2 atom stereocenters. The van der Waals surface area contributed by atoms with E-state index in [1.807, 2.05) is 0 Å². The molecule has 0 radical (unpaired) electrons. The molecule has 0 saturated carbocycles. The van der Waals surface area contributed by atoms with Gasteiger partial charge in [-0.2, -0.15) is 0 Å². The summed E-state index contributed by atoms with van der Waals surface area (Å²) in [6, 6.07) is 0. The summed E-state index contributed by atoms with van der Waals surface area (Å²) in [5, 5.41) is 11.1. The van der Waals surface area contributed by atoms with Crippen molar-refractivity contribution in [1.29, 1.82) is 0 Å². The van der Waals surface area contributed by atoms with E-state index in [1.54, 1.807) is 0 Å². The highest BCUT2D eigenvalue weighted by Gasteiger charge is 2.44. The molecular formula is C54H98O9. The zero-order valence-corrected chi connectivity index (χ0v) is 41.3. The predicted molar refractivity (Wildman–Crippen MR) is 257 cm³/mol. The topological polar surface area (TPSA) is 125 Å². The summed E-state index contributed by atoms with van der Waals surface area (Å²) in [6.45, 7) is 6.35. The number of aliphatic hydroxyl groups excluding tert-OH is 1.